The van der Waals surface area contributed by atoms with Gasteiger partial charge in [0.1, 0.15) is 5.82 Å². The number of amides is 1. The van der Waals surface area contributed by atoms with Crippen molar-refractivity contribution in [3.8, 4) is 11.4 Å². The van der Waals surface area contributed by atoms with E-state index in [0.717, 1.165) is 11.1 Å². The van der Waals surface area contributed by atoms with E-state index in [9.17, 15) is 9.18 Å². The highest BCUT2D eigenvalue weighted by Crippen LogP contribution is 2.26. The number of halogens is 2. The first kappa shape index (κ1) is 20.1. The Balaban J connectivity index is 1.73. The second-order valence-electron chi connectivity index (χ2n) is 5.96. The van der Waals surface area contributed by atoms with E-state index in [1.54, 1.807) is 36.4 Å². The van der Waals surface area contributed by atoms with E-state index in [4.69, 9.17) is 11.6 Å². The molecule has 28 heavy (non-hydrogen) atoms. The summed E-state index contributed by atoms with van der Waals surface area (Å²) in [4.78, 5) is 12.3. The summed E-state index contributed by atoms with van der Waals surface area (Å²) in [5.74, 6) is 0.256. The van der Waals surface area contributed by atoms with Crippen molar-refractivity contribution in [3.05, 3.63) is 71.5 Å². The van der Waals surface area contributed by atoms with Crippen molar-refractivity contribution in [1.29, 1.82) is 0 Å². The minimum atomic E-state index is -0.318. The largest absolute Gasteiger partial charge is 0.325 e. The van der Waals surface area contributed by atoms with Gasteiger partial charge in [-0.3, -0.25) is 9.36 Å². The van der Waals surface area contributed by atoms with Crippen molar-refractivity contribution >= 4 is 35.0 Å². The van der Waals surface area contributed by atoms with Crippen molar-refractivity contribution in [2.75, 3.05) is 11.1 Å². The van der Waals surface area contributed by atoms with Crippen LogP contribution in [0.25, 0.3) is 11.4 Å². The highest BCUT2D eigenvalue weighted by atomic mass is 35.5. The lowest BCUT2D eigenvalue weighted by atomic mass is 10.2. The van der Waals surface area contributed by atoms with Crippen LogP contribution in [-0.2, 0) is 11.3 Å². The normalized spacial score (nSPS) is 10.7. The predicted molar refractivity (Wildman–Crippen MR) is 111 cm³/mol. The number of thioether (sulfide) groups is 1. The number of hydrogen-bond acceptors (Lipinski definition) is 4. The Morgan fingerprint density at radius 1 is 1.29 bits per heavy atom. The molecule has 0 spiro atoms. The quantitative estimate of drug-likeness (QED) is 0.436. The first-order valence-electron chi connectivity index (χ1n) is 8.47. The van der Waals surface area contributed by atoms with Gasteiger partial charge in [-0.05, 0) is 48.9 Å². The molecule has 144 valence electrons. The summed E-state index contributed by atoms with van der Waals surface area (Å²) in [6.07, 6.45) is 1.72. The van der Waals surface area contributed by atoms with Gasteiger partial charge in [0.25, 0.3) is 0 Å². The highest BCUT2D eigenvalue weighted by Gasteiger charge is 2.15. The number of anilines is 1. The summed E-state index contributed by atoms with van der Waals surface area (Å²) in [6.45, 7) is 6.07. The van der Waals surface area contributed by atoms with Crippen molar-refractivity contribution in [2.24, 2.45) is 0 Å². The molecule has 0 aliphatic rings. The van der Waals surface area contributed by atoms with E-state index in [2.05, 4.69) is 22.1 Å². The maximum absolute atomic E-state index is 13.2. The number of hydrogen-bond donors (Lipinski definition) is 1. The first-order chi connectivity index (χ1) is 13.5. The molecule has 0 saturated heterocycles. The molecule has 2 aromatic carbocycles. The van der Waals surface area contributed by atoms with E-state index in [-0.39, 0.29) is 17.5 Å². The Kier molecular flexibility index (Phi) is 6.49. The van der Waals surface area contributed by atoms with Gasteiger partial charge in [0.2, 0.25) is 5.91 Å². The fraction of sp³-hybridized carbons (Fsp3) is 0.150. The molecule has 0 aliphatic heterocycles. The molecule has 1 amide bonds. The van der Waals surface area contributed by atoms with Crippen LogP contribution in [0.1, 0.15) is 5.56 Å². The Morgan fingerprint density at radius 2 is 2.04 bits per heavy atom. The monoisotopic (exact) mass is 416 g/mol. The number of nitrogens with zero attached hydrogens (tertiary/aromatic N) is 3. The lowest BCUT2D eigenvalue weighted by Gasteiger charge is -2.10. The van der Waals surface area contributed by atoms with E-state index in [0.29, 0.717) is 28.2 Å². The molecule has 0 fully saturated rings. The Hall–Kier alpha value is -2.64. The molecule has 0 unspecified atom stereocenters. The van der Waals surface area contributed by atoms with Crippen molar-refractivity contribution in [3.63, 3.8) is 0 Å². The van der Waals surface area contributed by atoms with Gasteiger partial charge in [-0.1, -0.05) is 35.5 Å². The Bertz CT molecular complexity index is 1000. The maximum atomic E-state index is 13.2. The number of carbonyl (C=O) groups is 1. The molecule has 1 aromatic heterocycles. The fourth-order valence-corrected chi connectivity index (χ4v) is 3.48. The van der Waals surface area contributed by atoms with Crippen molar-refractivity contribution in [2.45, 2.75) is 18.6 Å². The Morgan fingerprint density at radius 3 is 2.75 bits per heavy atom. The van der Waals surface area contributed by atoms with Gasteiger partial charge in [-0.2, -0.15) is 0 Å². The smallest absolute Gasteiger partial charge is 0.234 e. The van der Waals surface area contributed by atoms with Gasteiger partial charge in [0.15, 0.2) is 11.0 Å². The zero-order valence-electron chi connectivity index (χ0n) is 15.2. The molecule has 1 N–H and O–H groups in total. The summed E-state index contributed by atoms with van der Waals surface area (Å²) in [6, 6.07) is 11.4. The van der Waals surface area contributed by atoms with Gasteiger partial charge >= 0.3 is 0 Å². The van der Waals surface area contributed by atoms with Crippen LogP contribution in [0.2, 0.25) is 5.02 Å². The molecule has 0 bridgehead atoms. The van der Waals surface area contributed by atoms with E-state index in [1.807, 2.05) is 11.5 Å². The average molecular weight is 417 g/mol. The fourth-order valence-electron chi connectivity index (χ4n) is 2.56. The van der Waals surface area contributed by atoms with Crippen LogP contribution in [0.5, 0.6) is 0 Å². The second-order valence-corrected chi connectivity index (χ2v) is 7.31. The van der Waals surface area contributed by atoms with Crippen LogP contribution >= 0.6 is 23.4 Å². The van der Waals surface area contributed by atoms with E-state index < -0.39 is 0 Å². The van der Waals surface area contributed by atoms with Gasteiger partial charge < -0.3 is 5.32 Å². The minimum absolute atomic E-state index is 0.157. The summed E-state index contributed by atoms with van der Waals surface area (Å²) >= 11 is 7.35. The molecular formula is C20H18ClFN4OS. The van der Waals surface area contributed by atoms with Crippen LogP contribution < -0.4 is 5.32 Å². The summed E-state index contributed by atoms with van der Waals surface area (Å²) in [5.41, 5.74) is 2.23. The summed E-state index contributed by atoms with van der Waals surface area (Å²) in [5, 5.41) is 12.4. The lowest BCUT2D eigenvalue weighted by molar-refractivity contribution is -0.113. The Labute approximate surface area is 171 Å². The van der Waals surface area contributed by atoms with Crippen LogP contribution in [0.3, 0.4) is 0 Å². The van der Waals surface area contributed by atoms with Crippen molar-refractivity contribution in [1.82, 2.24) is 14.8 Å². The van der Waals surface area contributed by atoms with Crippen LogP contribution in [0, 0.1) is 12.7 Å². The van der Waals surface area contributed by atoms with Crippen LogP contribution in [0.4, 0.5) is 10.1 Å². The van der Waals surface area contributed by atoms with Crippen LogP contribution in [0.15, 0.2) is 60.3 Å². The molecule has 3 rings (SSSR count). The lowest BCUT2D eigenvalue weighted by Crippen LogP contribution is -2.15. The topological polar surface area (TPSA) is 59.8 Å². The molecule has 5 nitrogen and oxygen atoms in total. The zero-order valence-corrected chi connectivity index (χ0v) is 16.7. The molecule has 3 aromatic rings. The van der Waals surface area contributed by atoms with E-state index in [1.165, 1.54) is 23.9 Å². The highest BCUT2D eigenvalue weighted by molar-refractivity contribution is 7.99. The number of allylic oxidation sites excluding steroid dienone is 1. The molecular weight excluding hydrogens is 399 g/mol. The summed E-state index contributed by atoms with van der Waals surface area (Å²) in [7, 11) is 0. The molecule has 0 saturated carbocycles. The number of aromatic nitrogens is 3. The average Bonchev–Trinajstić information content (AvgIpc) is 3.07. The first-order valence-corrected chi connectivity index (χ1v) is 9.83. The van der Waals surface area contributed by atoms with E-state index >= 15 is 0 Å². The molecule has 1 heterocycles. The van der Waals surface area contributed by atoms with Gasteiger partial charge in [-0.15, -0.1) is 16.8 Å². The van der Waals surface area contributed by atoms with Gasteiger partial charge in [0, 0.05) is 22.8 Å². The van der Waals surface area contributed by atoms with Gasteiger partial charge in [-0.25, -0.2) is 4.39 Å². The molecule has 0 aliphatic carbocycles. The minimum Gasteiger partial charge on any atom is -0.325 e. The molecule has 8 heteroatoms. The number of benzene rings is 2. The van der Waals surface area contributed by atoms with Gasteiger partial charge in [0.05, 0.1) is 5.75 Å². The zero-order chi connectivity index (χ0) is 20.1. The molecule has 0 atom stereocenters. The standard InChI is InChI=1S/C20H18ClFN4OS/c1-3-11-26-19(14-7-9-15(22)10-8-14)24-25-20(26)28-12-18(27)23-17-6-4-5-16(21)13(17)2/h3-10H,1,11-12H2,2H3,(H,23,27). The number of rotatable bonds is 7. The van der Waals surface area contributed by atoms with Crippen LogP contribution in [-0.4, -0.2) is 26.4 Å². The molecule has 0 radical (unpaired) electrons. The maximum Gasteiger partial charge on any atom is 0.234 e. The number of carbonyl (C=O) groups excluding carboxylic acids is 1. The van der Waals surface area contributed by atoms with Crippen molar-refractivity contribution < 1.29 is 9.18 Å². The number of nitrogens with one attached hydrogen (secondary N) is 1. The third-order valence-electron chi connectivity index (χ3n) is 4.01. The second kappa shape index (κ2) is 9.03. The predicted octanol–water partition coefficient (Wildman–Crippen LogP) is 4.96. The SMILES string of the molecule is C=CCn1c(SCC(=O)Nc2cccc(Cl)c2C)nnc1-c1ccc(F)cc1. The third-order valence-corrected chi connectivity index (χ3v) is 5.38. The third kappa shape index (κ3) is 4.61. The summed E-state index contributed by atoms with van der Waals surface area (Å²) < 4.78 is 15.0.